The molecule has 0 fully saturated rings. The molecule has 1 atom stereocenters. The molecule has 4 rings (SSSR count). The summed E-state index contributed by atoms with van der Waals surface area (Å²) >= 11 is 1.11. The Morgan fingerprint density at radius 1 is 1.34 bits per heavy atom. The van der Waals surface area contributed by atoms with Crippen molar-refractivity contribution >= 4 is 34.6 Å². The van der Waals surface area contributed by atoms with Crippen molar-refractivity contribution in [1.29, 1.82) is 0 Å². The molecule has 2 aromatic heterocycles. The van der Waals surface area contributed by atoms with Gasteiger partial charge in [0.05, 0.1) is 24.8 Å². The van der Waals surface area contributed by atoms with E-state index in [0.717, 1.165) is 11.9 Å². The molecule has 3 aromatic rings. The van der Waals surface area contributed by atoms with Gasteiger partial charge in [0.2, 0.25) is 0 Å². The minimum Gasteiger partial charge on any atom is -0.496 e. The molecule has 0 radical (unpaired) electrons. The Morgan fingerprint density at radius 2 is 2.16 bits per heavy atom. The zero-order valence-corrected chi connectivity index (χ0v) is 21.0. The third-order valence-corrected chi connectivity index (χ3v) is 6.15. The second kappa shape index (κ2) is 12.0. The lowest BCUT2D eigenvalue weighted by Crippen LogP contribution is -2.31. The number of nitrogens with zero attached hydrogens (tertiary/aromatic N) is 3. The maximum absolute atomic E-state index is 13.3. The van der Waals surface area contributed by atoms with Crippen LogP contribution in [0.15, 0.2) is 64.4 Å². The predicted molar refractivity (Wildman–Crippen MR) is 132 cm³/mol. The number of hydrogen-bond acceptors (Lipinski definition) is 10. The Labute approximate surface area is 218 Å². The zero-order valence-electron chi connectivity index (χ0n) is 20.2. The van der Waals surface area contributed by atoms with Crippen LogP contribution in [0, 0.1) is 0 Å². The number of methoxy groups -OCH3 is 2. The molecule has 11 nitrogen and oxygen atoms in total. The van der Waals surface area contributed by atoms with Crippen molar-refractivity contribution in [2.45, 2.75) is 25.9 Å². The third kappa shape index (κ3) is 6.23. The lowest BCUT2D eigenvalue weighted by atomic mass is 10.1. The second-order valence-electron chi connectivity index (χ2n) is 7.76. The summed E-state index contributed by atoms with van der Waals surface area (Å²) in [6.07, 6.45) is 5.98. The highest BCUT2D eigenvalue weighted by atomic mass is 32.2. The standard InChI is InChI=1S/C23H23F3N6O5S/c1-12(24)21(33)28-8-14-9-29-32(11-14)10-13-6-16(36-23(25)26)18-17(7-13)37-30-20(18)31-38-19-15(34-2)4-5-27-22(19)35-3/h4-7,9,11,22-23,27H,1,8,10H2,2-3H3,(H,28,33)(H,30,31). The molecule has 1 amide bonds. The number of ether oxygens (including phenoxy) is 3. The molecule has 1 aromatic carbocycles. The number of carbonyl (C=O) groups excluding carboxylic acids is 1. The van der Waals surface area contributed by atoms with Crippen LogP contribution in [-0.4, -0.2) is 47.9 Å². The van der Waals surface area contributed by atoms with Gasteiger partial charge in [0, 0.05) is 31.6 Å². The van der Waals surface area contributed by atoms with Gasteiger partial charge in [0.1, 0.15) is 16.9 Å². The first-order chi connectivity index (χ1) is 18.3. The van der Waals surface area contributed by atoms with E-state index in [-0.39, 0.29) is 35.6 Å². The van der Waals surface area contributed by atoms with Gasteiger partial charge in [-0.15, -0.1) is 0 Å². The number of alkyl halides is 2. The molecule has 1 aliphatic rings. The smallest absolute Gasteiger partial charge is 0.387 e. The highest BCUT2D eigenvalue weighted by Crippen LogP contribution is 2.38. The maximum atomic E-state index is 13.3. The van der Waals surface area contributed by atoms with Crippen LogP contribution in [0.4, 0.5) is 19.0 Å². The highest BCUT2D eigenvalue weighted by Gasteiger charge is 2.24. The number of dihydropyridines is 1. The SMILES string of the molecule is C=C(F)C(=O)NCc1cnn(Cc2cc(OC(F)F)c3c(NSC4=C(OC)C=CNC4OC)noc3c2)c1. The van der Waals surface area contributed by atoms with Gasteiger partial charge in [-0.2, -0.15) is 13.9 Å². The molecule has 1 unspecified atom stereocenters. The van der Waals surface area contributed by atoms with Gasteiger partial charge in [-0.05, 0) is 35.7 Å². The van der Waals surface area contributed by atoms with Gasteiger partial charge in [0.25, 0.3) is 5.91 Å². The van der Waals surface area contributed by atoms with E-state index in [4.69, 9.17) is 18.7 Å². The number of benzene rings is 1. The number of allylic oxidation sites excluding steroid dienone is 1. The lowest BCUT2D eigenvalue weighted by molar-refractivity contribution is -0.119. The molecule has 3 N–H and O–H groups in total. The van der Waals surface area contributed by atoms with Gasteiger partial charge in [-0.1, -0.05) is 11.7 Å². The van der Waals surface area contributed by atoms with Crippen molar-refractivity contribution in [2.24, 2.45) is 0 Å². The van der Waals surface area contributed by atoms with Gasteiger partial charge < -0.3 is 34.1 Å². The first-order valence-electron chi connectivity index (χ1n) is 11.0. The maximum Gasteiger partial charge on any atom is 0.387 e. The summed E-state index contributed by atoms with van der Waals surface area (Å²) in [6, 6.07) is 3.05. The van der Waals surface area contributed by atoms with Crippen molar-refractivity contribution in [2.75, 3.05) is 18.9 Å². The predicted octanol–water partition coefficient (Wildman–Crippen LogP) is 3.78. The fourth-order valence-corrected chi connectivity index (χ4v) is 4.41. The van der Waals surface area contributed by atoms with Gasteiger partial charge in [-0.3, -0.25) is 9.48 Å². The van der Waals surface area contributed by atoms with E-state index in [9.17, 15) is 18.0 Å². The van der Waals surface area contributed by atoms with Crippen LogP contribution in [0.25, 0.3) is 11.0 Å². The molecular weight excluding hydrogens is 529 g/mol. The van der Waals surface area contributed by atoms with Crippen molar-refractivity contribution < 1.29 is 36.7 Å². The number of halogens is 3. The average molecular weight is 553 g/mol. The van der Waals surface area contributed by atoms with Crippen LogP contribution in [0.2, 0.25) is 0 Å². The molecule has 38 heavy (non-hydrogen) atoms. The summed E-state index contributed by atoms with van der Waals surface area (Å²) in [4.78, 5) is 12.0. The van der Waals surface area contributed by atoms with Crippen LogP contribution in [0.3, 0.4) is 0 Å². The normalized spacial score (nSPS) is 15.1. The van der Waals surface area contributed by atoms with Crippen molar-refractivity contribution in [3.63, 3.8) is 0 Å². The molecular formula is C23H23F3N6O5S. The molecule has 1 aliphatic heterocycles. The van der Waals surface area contributed by atoms with E-state index in [1.54, 1.807) is 24.5 Å². The van der Waals surface area contributed by atoms with Crippen LogP contribution in [0.1, 0.15) is 11.1 Å². The first kappa shape index (κ1) is 26.9. The van der Waals surface area contributed by atoms with Crippen molar-refractivity contribution in [3.05, 3.63) is 71.0 Å². The largest absolute Gasteiger partial charge is 0.496 e. The Kier molecular flexibility index (Phi) is 8.48. The summed E-state index contributed by atoms with van der Waals surface area (Å²) in [5.41, 5.74) is 1.33. The van der Waals surface area contributed by atoms with Crippen molar-refractivity contribution in [3.8, 4) is 5.75 Å². The zero-order chi connectivity index (χ0) is 27.2. The topological polar surface area (TPSA) is 125 Å². The van der Waals surface area contributed by atoms with Gasteiger partial charge in [-0.25, -0.2) is 4.39 Å². The first-order valence-corrected chi connectivity index (χ1v) is 11.8. The minimum absolute atomic E-state index is 0.0335. The number of nitrogens with one attached hydrogen (secondary N) is 3. The average Bonchev–Trinajstić information content (AvgIpc) is 3.52. The molecule has 3 heterocycles. The molecule has 202 valence electrons. The summed E-state index contributed by atoms with van der Waals surface area (Å²) in [5, 5.41) is 13.7. The molecule has 0 aliphatic carbocycles. The van der Waals surface area contributed by atoms with Gasteiger partial charge >= 0.3 is 6.61 Å². The summed E-state index contributed by atoms with van der Waals surface area (Å²) in [7, 11) is 3.03. The van der Waals surface area contributed by atoms with Crippen LogP contribution >= 0.6 is 11.9 Å². The molecule has 0 saturated heterocycles. The van der Waals surface area contributed by atoms with E-state index < -0.39 is 24.6 Å². The summed E-state index contributed by atoms with van der Waals surface area (Å²) in [5.74, 6) is -1.47. The fraction of sp³-hybridized carbons (Fsp3) is 0.261. The number of hydrogen-bond donors (Lipinski definition) is 3. The van der Waals surface area contributed by atoms with E-state index in [1.165, 1.54) is 31.2 Å². The van der Waals surface area contributed by atoms with Crippen LogP contribution in [-0.2, 0) is 27.4 Å². The van der Waals surface area contributed by atoms with Crippen LogP contribution in [0.5, 0.6) is 5.75 Å². The Bertz CT molecular complexity index is 1390. The Hall–Kier alpha value is -4.11. The molecule has 0 spiro atoms. The summed E-state index contributed by atoms with van der Waals surface area (Å²) in [6.45, 7) is 0.0303. The Balaban J connectivity index is 1.55. The number of amides is 1. The third-order valence-electron chi connectivity index (χ3n) is 5.22. The number of carbonyl (C=O) groups is 1. The quantitative estimate of drug-likeness (QED) is 0.226. The number of anilines is 1. The highest BCUT2D eigenvalue weighted by molar-refractivity contribution is 8.04. The molecule has 15 heteroatoms. The van der Waals surface area contributed by atoms with Crippen LogP contribution < -0.4 is 20.1 Å². The monoisotopic (exact) mass is 552 g/mol. The number of aromatic nitrogens is 3. The fourth-order valence-electron chi connectivity index (χ4n) is 3.54. The molecule has 0 bridgehead atoms. The second-order valence-corrected chi connectivity index (χ2v) is 8.61. The van der Waals surface area contributed by atoms with E-state index >= 15 is 0 Å². The Morgan fingerprint density at radius 3 is 2.87 bits per heavy atom. The summed E-state index contributed by atoms with van der Waals surface area (Å²) < 4.78 is 64.9. The molecule has 0 saturated carbocycles. The van der Waals surface area contributed by atoms with Gasteiger partial charge in [0.15, 0.2) is 23.5 Å². The van der Waals surface area contributed by atoms with Crippen molar-refractivity contribution in [1.82, 2.24) is 25.6 Å². The number of fused-ring (bicyclic) bond motifs is 1. The minimum atomic E-state index is -3.10. The number of rotatable bonds is 12. The lowest BCUT2D eigenvalue weighted by Gasteiger charge is -2.23. The van der Waals surface area contributed by atoms with E-state index in [2.05, 4.69) is 32.2 Å². The van der Waals surface area contributed by atoms with E-state index in [0.29, 0.717) is 21.8 Å². The van der Waals surface area contributed by atoms with E-state index in [1.807, 2.05) is 0 Å².